The minimum atomic E-state index is -0.742. The third-order valence-corrected chi connectivity index (χ3v) is 3.10. The number of nitriles is 1. The van der Waals surface area contributed by atoms with Gasteiger partial charge in [-0.25, -0.2) is 0 Å². The fourth-order valence-electron chi connectivity index (χ4n) is 2.21. The van der Waals surface area contributed by atoms with Crippen molar-refractivity contribution in [2.24, 2.45) is 0 Å². The van der Waals surface area contributed by atoms with E-state index in [1.165, 1.54) is 0 Å². The second-order valence-corrected chi connectivity index (χ2v) is 4.63. The number of hydrogen-bond acceptors (Lipinski definition) is 3. The zero-order chi connectivity index (χ0) is 13.7. The first-order chi connectivity index (χ1) is 9.20. The number of rotatable bonds is 5. The van der Waals surface area contributed by atoms with Crippen LogP contribution < -0.4 is 5.32 Å². The molecule has 0 radical (unpaired) electrons. The van der Waals surface area contributed by atoms with Gasteiger partial charge >= 0.3 is 0 Å². The molecule has 0 spiro atoms. The van der Waals surface area contributed by atoms with Crippen LogP contribution in [0.25, 0.3) is 0 Å². The predicted octanol–water partition coefficient (Wildman–Crippen LogP) is 2.22. The van der Waals surface area contributed by atoms with Crippen molar-refractivity contribution in [3.63, 3.8) is 0 Å². The lowest BCUT2D eigenvalue weighted by molar-refractivity contribution is 0.359. The van der Waals surface area contributed by atoms with Gasteiger partial charge < -0.3 is 0 Å². The number of likely N-dealkylation sites (N-methyl/N-ethyl adjacent to an activating group) is 1. The van der Waals surface area contributed by atoms with E-state index in [-0.39, 0.29) is 0 Å². The third kappa shape index (κ3) is 2.83. The molecule has 1 atom stereocenters. The van der Waals surface area contributed by atoms with E-state index in [9.17, 15) is 5.26 Å². The highest BCUT2D eigenvalue weighted by Gasteiger charge is 2.32. The molecule has 19 heavy (non-hydrogen) atoms. The Kier molecular flexibility index (Phi) is 3.98. The first kappa shape index (κ1) is 13.3. The van der Waals surface area contributed by atoms with Crippen molar-refractivity contribution in [1.82, 2.24) is 15.1 Å². The van der Waals surface area contributed by atoms with Gasteiger partial charge in [-0.1, -0.05) is 37.3 Å². The minimum absolute atomic E-state index is 0.495. The van der Waals surface area contributed by atoms with Crippen molar-refractivity contribution in [2.75, 3.05) is 6.54 Å². The van der Waals surface area contributed by atoms with Crippen LogP contribution in [0.4, 0.5) is 0 Å². The summed E-state index contributed by atoms with van der Waals surface area (Å²) in [6, 6.07) is 12.2. The van der Waals surface area contributed by atoms with Crippen molar-refractivity contribution in [1.29, 1.82) is 5.26 Å². The highest BCUT2D eigenvalue weighted by atomic mass is 15.3. The molecule has 1 unspecified atom stereocenters. The van der Waals surface area contributed by atoms with Crippen LogP contribution in [-0.4, -0.2) is 16.3 Å². The Labute approximate surface area is 113 Å². The zero-order valence-electron chi connectivity index (χ0n) is 11.3. The third-order valence-electron chi connectivity index (χ3n) is 3.10. The maximum absolute atomic E-state index is 9.68. The van der Waals surface area contributed by atoms with Crippen molar-refractivity contribution in [2.45, 2.75) is 25.9 Å². The Balaban J connectivity index is 2.37. The summed E-state index contributed by atoms with van der Waals surface area (Å²) in [5.41, 5.74) is 1.32. The molecular formula is C15H18N4. The highest BCUT2D eigenvalue weighted by Crippen LogP contribution is 2.22. The van der Waals surface area contributed by atoms with Crippen LogP contribution in [0.1, 0.15) is 18.1 Å². The SMILES string of the molecule is CCNC(C#N)(Cn1cc(C)cn1)c1ccccc1. The zero-order valence-corrected chi connectivity index (χ0v) is 11.3. The van der Waals surface area contributed by atoms with Gasteiger partial charge in [0.1, 0.15) is 0 Å². The molecule has 0 aliphatic rings. The van der Waals surface area contributed by atoms with Gasteiger partial charge in [0.05, 0.1) is 18.8 Å². The van der Waals surface area contributed by atoms with E-state index >= 15 is 0 Å². The monoisotopic (exact) mass is 254 g/mol. The van der Waals surface area contributed by atoms with E-state index in [2.05, 4.69) is 16.5 Å². The molecular weight excluding hydrogens is 236 g/mol. The second kappa shape index (κ2) is 5.68. The van der Waals surface area contributed by atoms with Crippen LogP contribution in [0.2, 0.25) is 0 Å². The first-order valence-corrected chi connectivity index (χ1v) is 6.41. The topological polar surface area (TPSA) is 53.6 Å². The molecule has 0 bridgehead atoms. The van der Waals surface area contributed by atoms with Gasteiger partial charge in [-0.2, -0.15) is 10.4 Å². The number of hydrogen-bond donors (Lipinski definition) is 1. The van der Waals surface area contributed by atoms with Crippen LogP contribution in [0.5, 0.6) is 0 Å². The first-order valence-electron chi connectivity index (χ1n) is 6.41. The molecule has 0 amide bonds. The summed E-state index contributed by atoms with van der Waals surface area (Å²) >= 11 is 0. The highest BCUT2D eigenvalue weighted by molar-refractivity contribution is 5.31. The molecule has 0 fully saturated rings. The Morgan fingerprint density at radius 3 is 2.63 bits per heavy atom. The van der Waals surface area contributed by atoms with Crippen LogP contribution in [0.15, 0.2) is 42.7 Å². The summed E-state index contributed by atoms with van der Waals surface area (Å²) < 4.78 is 1.81. The minimum Gasteiger partial charge on any atom is -0.294 e. The average Bonchev–Trinajstić information content (AvgIpc) is 2.84. The summed E-state index contributed by atoms with van der Waals surface area (Å²) in [5, 5.41) is 17.3. The van der Waals surface area contributed by atoms with E-state index in [0.29, 0.717) is 6.54 Å². The van der Waals surface area contributed by atoms with Crippen LogP contribution in [-0.2, 0) is 12.1 Å². The standard InChI is InChI=1S/C15H18N4/c1-3-17-15(11-16,14-7-5-4-6-8-14)12-19-10-13(2)9-18-19/h4-10,17H,3,12H2,1-2H3. The van der Waals surface area contributed by atoms with Crippen molar-refractivity contribution in [3.8, 4) is 6.07 Å². The summed E-state index contributed by atoms with van der Waals surface area (Å²) in [5.74, 6) is 0. The van der Waals surface area contributed by atoms with Gasteiger partial charge in [-0.05, 0) is 24.6 Å². The van der Waals surface area contributed by atoms with Gasteiger partial charge in [-0.3, -0.25) is 10.00 Å². The summed E-state index contributed by atoms with van der Waals surface area (Å²) in [4.78, 5) is 0. The molecule has 2 rings (SSSR count). The van der Waals surface area contributed by atoms with Crippen molar-refractivity contribution in [3.05, 3.63) is 53.9 Å². The van der Waals surface area contributed by atoms with Gasteiger partial charge in [0.25, 0.3) is 0 Å². The van der Waals surface area contributed by atoms with E-state index in [0.717, 1.165) is 17.7 Å². The van der Waals surface area contributed by atoms with Gasteiger partial charge in [0.2, 0.25) is 0 Å². The number of aryl methyl sites for hydroxylation is 1. The molecule has 4 heteroatoms. The molecule has 98 valence electrons. The lowest BCUT2D eigenvalue weighted by Crippen LogP contribution is -2.44. The van der Waals surface area contributed by atoms with E-state index in [1.54, 1.807) is 6.20 Å². The van der Waals surface area contributed by atoms with Gasteiger partial charge in [0, 0.05) is 6.20 Å². The van der Waals surface area contributed by atoms with Crippen LogP contribution in [0.3, 0.4) is 0 Å². The smallest absolute Gasteiger partial charge is 0.152 e. The number of nitrogens with one attached hydrogen (secondary N) is 1. The maximum Gasteiger partial charge on any atom is 0.152 e. The molecule has 4 nitrogen and oxygen atoms in total. The molecule has 2 aromatic rings. The van der Waals surface area contributed by atoms with Crippen molar-refractivity contribution >= 4 is 0 Å². The van der Waals surface area contributed by atoms with Crippen LogP contribution >= 0.6 is 0 Å². The van der Waals surface area contributed by atoms with Gasteiger partial charge in [-0.15, -0.1) is 0 Å². The molecule has 1 N–H and O–H groups in total. The number of nitrogens with zero attached hydrogens (tertiary/aromatic N) is 3. The normalized spacial score (nSPS) is 13.7. The van der Waals surface area contributed by atoms with E-state index < -0.39 is 5.54 Å². The van der Waals surface area contributed by atoms with E-state index in [1.807, 2.05) is 55.1 Å². The quantitative estimate of drug-likeness (QED) is 0.890. The second-order valence-electron chi connectivity index (χ2n) is 4.63. The molecule has 0 aliphatic carbocycles. The maximum atomic E-state index is 9.68. The Bertz CT molecular complexity index is 567. The molecule has 1 heterocycles. The average molecular weight is 254 g/mol. The largest absolute Gasteiger partial charge is 0.294 e. The summed E-state index contributed by atoms with van der Waals surface area (Å²) in [7, 11) is 0. The number of aromatic nitrogens is 2. The molecule has 0 saturated carbocycles. The predicted molar refractivity (Wildman–Crippen MR) is 74.4 cm³/mol. The lowest BCUT2D eigenvalue weighted by Gasteiger charge is -2.28. The molecule has 1 aromatic carbocycles. The molecule has 0 aliphatic heterocycles. The Morgan fingerprint density at radius 2 is 2.11 bits per heavy atom. The van der Waals surface area contributed by atoms with E-state index in [4.69, 9.17) is 0 Å². The van der Waals surface area contributed by atoms with Gasteiger partial charge in [0.15, 0.2) is 5.54 Å². The van der Waals surface area contributed by atoms with Crippen molar-refractivity contribution < 1.29 is 0 Å². The molecule has 1 aromatic heterocycles. The fraction of sp³-hybridized carbons (Fsp3) is 0.333. The molecule has 0 saturated heterocycles. The Hall–Kier alpha value is -2.12. The fourth-order valence-corrected chi connectivity index (χ4v) is 2.21. The lowest BCUT2D eigenvalue weighted by atomic mass is 9.91. The summed E-state index contributed by atoms with van der Waals surface area (Å²) in [6.07, 6.45) is 3.76. The Morgan fingerprint density at radius 1 is 1.37 bits per heavy atom. The van der Waals surface area contributed by atoms with Crippen LogP contribution in [0, 0.1) is 18.3 Å². The summed E-state index contributed by atoms with van der Waals surface area (Å²) in [6.45, 7) is 5.22. The number of benzene rings is 1.